The van der Waals surface area contributed by atoms with Gasteiger partial charge in [0.2, 0.25) is 0 Å². The quantitative estimate of drug-likeness (QED) is 0.680. The largest absolute Gasteiger partial charge is 0.388 e. The molecule has 0 saturated heterocycles. The third-order valence-electron chi connectivity index (χ3n) is 2.80. The van der Waals surface area contributed by atoms with Gasteiger partial charge in [-0.15, -0.1) is 0 Å². The number of benzene rings is 2. The SMILES string of the molecule is NC(Cc1ccccc1)C(=O)OC(=O)c1ccccc1. The van der Waals surface area contributed by atoms with Crippen LogP contribution in [-0.2, 0) is 16.0 Å². The van der Waals surface area contributed by atoms with Gasteiger partial charge in [-0.2, -0.15) is 0 Å². The second-order valence-corrected chi connectivity index (χ2v) is 4.37. The maximum absolute atomic E-state index is 11.8. The highest BCUT2D eigenvalue weighted by molar-refractivity contribution is 5.98. The number of carbonyl (C=O) groups is 2. The van der Waals surface area contributed by atoms with Gasteiger partial charge in [0.25, 0.3) is 0 Å². The van der Waals surface area contributed by atoms with Gasteiger partial charge in [-0.3, -0.25) is 0 Å². The summed E-state index contributed by atoms with van der Waals surface area (Å²) < 4.78 is 4.77. The van der Waals surface area contributed by atoms with E-state index in [-0.39, 0.29) is 0 Å². The van der Waals surface area contributed by atoms with E-state index in [0.717, 1.165) is 5.56 Å². The van der Waals surface area contributed by atoms with Crippen LogP contribution in [0, 0.1) is 0 Å². The van der Waals surface area contributed by atoms with Crippen LogP contribution in [-0.4, -0.2) is 18.0 Å². The smallest absolute Gasteiger partial charge is 0.345 e. The van der Waals surface area contributed by atoms with Crippen molar-refractivity contribution in [2.45, 2.75) is 12.5 Å². The van der Waals surface area contributed by atoms with E-state index in [4.69, 9.17) is 10.5 Å². The second-order valence-electron chi connectivity index (χ2n) is 4.37. The van der Waals surface area contributed by atoms with Crippen LogP contribution in [0.4, 0.5) is 0 Å². The average Bonchev–Trinajstić information content (AvgIpc) is 2.49. The summed E-state index contributed by atoms with van der Waals surface area (Å²) in [5.41, 5.74) is 7.00. The van der Waals surface area contributed by atoms with Crippen LogP contribution in [0.15, 0.2) is 60.7 Å². The standard InChI is InChI=1S/C16H15NO3/c17-14(11-12-7-3-1-4-8-12)16(19)20-15(18)13-9-5-2-6-10-13/h1-10,14H,11,17H2. The monoisotopic (exact) mass is 269 g/mol. The lowest BCUT2D eigenvalue weighted by molar-refractivity contribution is -0.139. The van der Waals surface area contributed by atoms with Crippen molar-refractivity contribution >= 4 is 11.9 Å². The molecule has 2 aromatic rings. The van der Waals surface area contributed by atoms with Gasteiger partial charge in [0, 0.05) is 0 Å². The molecule has 1 unspecified atom stereocenters. The van der Waals surface area contributed by atoms with E-state index in [2.05, 4.69) is 0 Å². The first-order valence-electron chi connectivity index (χ1n) is 6.27. The van der Waals surface area contributed by atoms with Gasteiger partial charge in [0.1, 0.15) is 6.04 Å². The van der Waals surface area contributed by atoms with Crippen LogP contribution in [0.25, 0.3) is 0 Å². The molecule has 2 aromatic carbocycles. The molecule has 0 spiro atoms. The van der Waals surface area contributed by atoms with E-state index in [1.807, 2.05) is 30.3 Å². The fraction of sp³-hybridized carbons (Fsp3) is 0.125. The Kier molecular flexibility index (Phi) is 4.63. The van der Waals surface area contributed by atoms with Crippen LogP contribution >= 0.6 is 0 Å². The number of rotatable bonds is 4. The minimum Gasteiger partial charge on any atom is -0.388 e. The van der Waals surface area contributed by atoms with E-state index in [1.165, 1.54) is 0 Å². The molecule has 0 aliphatic carbocycles. The molecule has 0 aliphatic rings. The van der Waals surface area contributed by atoms with E-state index in [9.17, 15) is 9.59 Å². The summed E-state index contributed by atoms with van der Waals surface area (Å²) in [6.45, 7) is 0. The molecule has 0 aliphatic heterocycles. The molecule has 0 bridgehead atoms. The van der Waals surface area contributed by atoms with Crippen molar-refractivity contribution in [3.63, 3.8) is 0 Å². The number of esters is 2. The molecule has 4 heteroatoms. The molecule has 102 valence electrons. The topological polar surface area (TPSA) is 69.4 Å². The lowest BCUT2D eigenvalue weighted by atomic mass is 10.1. The predicted molar refractivity (Wildman–Crippen MR) is 75.0 cm³/mol. The summed E-state index contributed by atoms with van der Waals surface area (Å²) in [6.07, 6.45) is 0.335. The highest BCUT2D eigenvalue weighted by Crippen LogP contribution is 2.05. The Labute approximate surface area is 117 Å². The van der Waals surface area contributed by atoms with Gasteiger partial charge in [0.05, 0.1) is 5.56 Å². The first-order valence-corrected chi connectivity index (χ1v) is 6.27. The van der Waals surface area contributed by atoms with Gasteiger partial charge in [-0.1, -0.05) is 48.5 Å². The molecule has 2 rings (SSSR count). The molecule has 0 fully saturated rings. The van der Waals surface area contributed by atoms with Crippen molar-refractivity contribution in [1.29, 1.82) is 0 Å². The van der Waals surface area contributed by atoms with Gasteiger partial charge >= 0.3 is 11.9 Å². The molecule has 0 amide bonds. The van der Waals surface area contributed by atoms with Crippen molar-refractivity contribution < 1.29 is 14.3 Å². The number of carbonyl (C=O) groups excluding carboxylic acids is 2. The summed E-state index contributed by atoms with van der Waals surface area (Å²) >= 11 is 0. The summed E-state index contributed by atoms with van der Waals surface area (Å²) in [5.74, 6) is -1.40. The Balaban J connectivity index is 1.93. The highest BCUT2D eigenvalue weighted by atomic mass is 16.6. The van der Waals surface area contributed by atoms with Crippen molar-refractivity contribution in [2.24, 2.45) is 5.73 Å². The summed E-state index contributed by atoms with van der Waals surface area (Å²) in [5, 5.41) is 0. The maximum Gasteiger partial charge on any atom is 0.345 e. The van der Waals surface area contributed by atoms with Crippen LogP contribution in [0.3, 0.4) is 0 Å². The molecule has 20 heavy (non-hydrogen) atoms. The van der Waals surface area contributed by atoms with E-state index < -0.39 is 18.0 Å². The summed E-state index contributed by atoms with van der Waals surface area (Å²) in [7, 11) is 0. The lowest BCUT2D eigenvalue weighted by Gasteiger charge is -2.10. The van der Waals surface area contributed by atoms with Crippen molar-refractivity contribution in [1.82, 2.24) is 0 Å². The molecule has 0 saturated carbocycles. The van der Waals surface area contributed by atoms with Crippen LogP contribution in [0.1, 0.15) is 15.9 Å². The van der Waals surface area contributed by atoms with Gasteiger partial charge in [-0.05, 0) is 24.1 Å². The van der Waals surface area contributed by atoms with Crippen LogP contribution < -0.4 is 5.73 Å². The lowest BCUT2D eigenvalue weighted by Crippen LogP contribution is -2.35. The fourth-order valence-electron chi connectivity index (χ4n) is 1.75. The van der Waals surface area contributed by atoms with Gasteiger partial charge in [0.15, 0.2) is 0 Å². The zero-order valence-corrected chi connectivity index (χ0v) is 10.9. The Hall–Kier alpha value is -2.46. The number of hydrogen-bond acceptors (Lipinski definition) is 4. The molecule has 4 nitrogen and oxygen atoms in total. The van der Waals surface area contributed by atoms with Gasteiger partial charge in [-0.25, -0.2) is 9.59 Å². The van der Waals surface area contributed by atoms with E-state index >= 15 is 0 Å². The first-order chi connectivity index (χ1) is 9.66. The number of ether oxygens (including phenoxy) is 1. The van der Waals surface area contributed by atoms with E-state index in [0.29, 0.717) is 12.0 Å². The van der Waals surface area contributed by atoms with Crippen molar-refractivity contribution in [2.75, 3.05) is 0 Å². The molecule has 1 atom stereocenters. The Morgan fingerprint density at radius 3 is 2.10 bits per heavy atom. The second kappa shape index (κ2) is 6.63. The molecular weight excluding hydrogens is 254 g/mol. The van der Waals surface area contributed by atoms with Crippen molar-refractivity contribution in [3.05, 3.63) is 71.8 Å². The number of hydrogen-bond donors (Lipinski definition) is 1. The zero-order chi connectivity index (χ0) is 14.4. The van der Waals surface area contributed by atoms with Crippen LogP contribution in [0.2, 0.25) is 0 Å². The Morgan fingerprint density at radius 1 is 0.950 bits per heavy atom. The molecular formula is C16H15NO3. The van der Waals surface area contributed by atoms with Crippen LogP contribution in [0.5, 0.6) is 0 Å². The minimum absolute atomic E-state index is 0.327. The summed E-state index contributed by atoms with van der Waals surface area (Å²) in [4.78, 5) is 23.5. The minimum atomic E-state index is -0.856. The molecule has 0 aromatic heterocycles. The van der Waals surface area contributed by atoms with E-state index in [1.54, 1.807) is 30.3 Å². The van der Waals surface area contributed by atoms with Crippen molar-refractivity contribution in [3.8, 4) is 0 Å². The Bertz CT molecular complexity index is 581. The highest BCUT2D eigenvalue weighted by Gasteiger charge is 2.20. The fourth-order valence-corrected chi connectivity index (χ4v) is 1.75. The molecule has 0 radical (unpaired) electrons. The molecule has 2 N–H and O–H groups in total. The normalized spacial score (nSPS) is 11.7. The van der Waals surface area contributed by atoms with Gasteiger partial charge < -0.3 is 10.5 Å². The third-order valence-corrected chi connectivity index (χ3v) is 2.80. The average molecular weight is 269 g/mol. The predicted octanol–water partition coefficient (Wildman–Crippen LogP) is 1.94. The summed E-state index contributed by atoms with van der Waals surface area (Å²) in [6, 6.07) is 16.8. The molecule has 0 heterocycles. The Morgan fingerprint density at radius 2 is 1.50 bits per heavy atom. The maximum atomic E-state index is 11.8. The number of nitrogens with two attached hydrogens (primary N) is 1. The third kappa shape index (κ3) is 3.76. The zero-order valence-electron chi connectivity index (χ0n) is 10.9. The first kappa shape index (κ1) is 14.0.